The number of ether oxygens (including phenoxy) is 1. The average Bonchev–Trinajstić information content (AvgIpc) is 2.89. The van der Waals surface area contributed by atoms with E-state index >= 15 is 0 Å². The van der Waals surface area contributed by atoms with Crippen molar-refractivity contribution in [2.24, 2.45) is 0 Å². The number of nitrogens with zero attached hydrogens (tertiary/aromatic N) is 2. The van der Waals surface area contributed by atoms with Crippen LogP contribution in [0.5, 0.6) is 5.75 Å². The van der Waals surface area contributed by atoms with E-state index in [1.165, 1.54) is 23.1 Å². The molecule has 0 saturated carbocycles. The zero-order chi connectivity index (χ0) is 18.1. The number of hydrogen-bond acceptors (Lipinski definition) is 2. The molecule has 2 aromatic rings. The third kappa shape index (κ3) is 2.81. The van der Waals surface area contributed by atoms with Crippen molar-refractivity contribution in [3.63, 3.8) is 0 Å². The van der Waals surface area contributed by atoms with Crippen molar-refractivity contribution in [1.29, 1.82) is 0 Å². The molecule has 0 amide bonds. The Morgan fingerprint density at radius 1 is 1.19 bits per heavy atom. The Hall–Kier alpha value is -2.57. The summed E-state index contributed by atoms with van der Waals surface area (Å²) in [7, 11) is 1.70. The van der Waals surface area contributed by atoms with Crippen molar-refractivity contribution in [2.45, 2.75) is 43.8 Å². The monoisotopic (exact) mass is 344 g/mol. The second-order valence-electron chi connectivity index (χ2n) is 7.49. The van der Waals surface area contributed by atoms with Crippen molar-refractivity contribution < 1.29 is 4.74 Å². The first-order chi connectivity index (χ1) is 12.6. The third-order valence-corrected chi connectivity index (χ3v) is 5.99. The van der Waals surface area contributed by atoms with Crippen LogP contribution in [0.25, 0.3) is 4.85 Å². The minimum atomic E-state index is 0.0144. The molecular weight excluding hydrogens is 320 g/mol. The van der Waals surface area contributed by atoms with Crippen LogP contribution in [0.3, 0.4) is 0 Å². The SMILES string of the molecule is [C-]#[N+]c1ccc(C23CCC(CC(=C)C2)N3Cc2ccc(OC)cc2)cc1. The van der Waals surface area contributed by atoms with E-state index in [2.05, 4.69) is 40.6 Å². The van der Waals surface area contributed by atoms with E-state index in [0.29, 0.717) is 11.7 Å². The van der Waals surface area contributed by atoms with Gasteiger partial charge in [0.1, 0.15) is 5.75 Å². The molecule has 2 aliphatic rings. The van der Waals surface area contributed by atoms with Crippen molar-refractivity contribution in [3.05, 3.63) is 83.2 Å². The van der Waals surface area contributed by atoms with E-state index in [0.717, 1.165) is 31.6 Å². The molecule has 0 aromatic heterocycles. The fourth-order valence-electron chi connectivity index (χ4n) is 4.74. The largest absolute Gasteiger partial charge is 0.497 e. The molecule has 0 radical (unpaired) electrons. The van der Waals surface area contributed by atoms with Gasteiger partial charge in [-0.3, -0.25) is 4.90 Å². The van der Waals surface area contributed by atoms with E-state index in [4.69, 9.17) is 11.3 Å². The number of fused-ring (bicyclic) bond motifs is 2. The van der Waals surface area contributed by atoms with Crippen LogP contribution in [0, 0.1) is 6.57 Å². The first-order valence-electron chi connectivity index (χ1n) is 9.19. The highest BCUT2D eigenvalue weighted by atomic mass is 16.5. The first kappa shape index (κ1) is 16.9. The van der Waals surface area contributed by atoms with Crippen LogP contribution in [0.2, 0.25) is 0 Å². The highest BCUT2D eigenvalue weighted by molar-refractivity contribution is 5.47. The van der Waals surface area contributed by atoms with E-state index in [-0.39, 0.29) is 5.54 Å². The Labute approximate surface area is 155 Å². The van der Waals surface area contributed by atoms with Gasteiger partial charge in [0.05, 0.1) is 19.2 Å². The molecule has 132 valence electrons. The van der Waals surface area contributed by atoms with E-state index in [1.807, 2.05) is 24.3 Å². The van der Waals surface area contributed by atoms with Crippen LogP contribution in [-0.4, -0.2) is 18.1 Å². The Bertz CT molecular complexity index is 847. The summed E-state index contributed by atoms with van der Waals surface area (Å²) in [5, 5.41) is 0. The molecule has 2 saturated heterocycles. The summed E-state index contributed by atoms with van der Waals surface area (Å²) in [6.07, 6.45) is 4.47. The topological polar surface area (TPSA) is 16.8 Å². The van der Waals surface area contributed by atoms with Gasteiger partial charge < -0.3 is 4.74 Å². The minimum absolute atomic E-state index is 0.0144. The molecule has 4 rings (SSSR count). The second-order valence-corrected chi connectivity index (χ2v) is 7.49. The van der Waals surface area contributed by atoms with Gasteiger partial charge in [-0.2, -0.15) is 0 Å². The normalized spacial score (nSPS) is 25.1. The van der Waals surface area contributed by atoms with Crippen molar-refractivity contribution in [2.75, 3.05) is 7.11 Å². The van der Waals surface area contributed by atoms with Gasteiger partial charge in [0.2, 0.25) is 0 Å². The number of hydrogen-bond donors (Lipinski definition) is 0. The number of methoxy groups -OCH3 is 1. The summed E-state index contributed by atoms with van der Waals surface area (Å²) < 4.78 is 5.29. The lowest BCUT2D eigenvalue weighted by atomic mass is 9.79. The van der Waals surface area contributed by atoms with Gasteiger partial charge in [-0.1, -0.05) is 48.6 Å². The summed E-state index contributed by atoms with van der Waals surface area (Å²) in [5.41, 5.74) is 4.71. The highest BCUT2D eigenvalue weighted by Crippen LogP contribution is 2.52. The van der Waals surface area contributed by atoms with Crippen molar-refractivity contribution in [3.8, 4) is 5.75 Å². The van der Waals surface area contributed by atoms with Gasteiger partial charge in [-0.15, -0.1) is 0 Å². The average molecular weight is 344 g/mol. The molecule has 26 heavy (non-hydrogen) atoms. The molecule has 2 fully saturated rings. The molecule has 2 heterocycles. The molecule has 3 heteroatoms. The molecule has 2 bridgehead atoms. The predicted octanol–water partition coefficient (Wildman–Crippen LogP) is 5.46. The zero-order valence-corrected chi connectivity index (χ0v) is 15.2. The van der Waals surface area contributed by atoms with Crippen LogP contribution in [-0.2, 0) is 12.1 Å². The fraction of sp³-hybridized carbons (Fsp3) is 0.348. The van der Waals surface area contributed by atoms with Crippen LogP contribution < -0.4 is 4.74 Å². The fourth-order valence-corrected chi connectivity index (χ4v) is 4.74. The first-order valence-corrected chi connectivity index (χ1v) is 9.19. The molecule has 2 atom stereocenters. The molecule has 2 aliphatic heterocycles. The Morgan fingerprint density at radius 3 is 2.58 bits per heavy atom. The lowest BCUT2D eigenvalue weighted by molar-refractivity contribution is 0.0653. The van der Waals surface area contributed by atoms with Gasteiger partial charge in [0.15, 0.2) is 5.69 Å². The Morgan fingerprint density at radius 2 is 1.92 bits per heavy atom. The lowest BCUT2D eigenvalue weighted by Crippen LogP contribution is -2.48. The summed E-state index contributed by atoms with van der Waals surface area (Å²) in [4.78, 5) is 6.22. The molecule has 3 nitrogen and oxygen atoms in total. The Balaban J connectivity index is 1.68. The standard InChI is InChI=1S/C23H24N2O/c1-17-14-21-12-13-23(15-17,19-6-8-20(24-2)9-7-19)25(21)16-18-4-10-22(26-3)11-5-18/h4-11,21H,1,12-16H2,3H3. The lowest BCUT2D eigenvalue weighted by Gasteiger charge is -2.46. The summed E-state index contributed by atoms with van der Waals surface area (Å²) in [5.74, 6) is 0.896. The molecular formula is C23H24N2O. The highest BCUT2D eigenvalue weighted by Gasteiger charge is 2.50. The number of benzene rings is 2. The summed E-state index contributed by atoms with van der Waals surface area (Å²) in [6.45, 7) is 12.5. The maximum atomic E-state index is 7.20. The van der Waals surface area contributed by atoms with Gasteiger partial charge >= 0.3 is 0 Å². The van der Waals surface area contributed by atoms with Gasteiger partial charge in [0.25, 0.3) is 0 Å². The maximum Gasteiger partial charge on any atom is 0.187 e. The molecule has 0 aliphatic carbocycles. The summed E-state index contributed by atoms with van der Waals surface area (Å²) >= 11 is 0. The number of piperidine rings is 1. The minimum Gasteiger partial charge on any atom is -0.497 e. The molecule has 2 unspecified atom stereocenters. The van der Waals surface area contributed by atoms with E-state index < -0.39 is 0 Å². The predicted molar refractivity (Wildman–Crippen MR) is 104 cm³/mol. The molecule has 2 aromatic carbocycles. The van der Waals surface area contributed by atoms with Gasteiger partial charge in [0, 0.05) is 12.6 Å². The quantitative estimate of drug-likeness (QED) is 0.541. The smallest absolute Gasteiger partial charge is 0.187 e. The van der Waals surface area contributed by atoms with Crippen LogP contribution >= 0.6 is 0 Å². The van der Waals surface area contributed by atoms with Crippen LogP contribution in [0.4, 0.5) is 5.69 Å². The zero-order valence-electron chi connectivity index (χ0n) is 15.2. The van der Waals surface area contributed by atoms with E-state index in [1.54, 1.807) is 7.11 Å². The van der Waals surface area contributed by atoms with Gasteiger partial charge in [-0.05, 0) is 48.9 Å². The maximum absolute atomic E-state index is 7.20. The van der Waals surface area contributed by atoms with Crippen molar-refractivity contribution in [1.82, 2.24) is 4.90 Å². The summed E-state index contributed by atoms with van der Waals surface area (Å²) in [6, 6.07) is 17.2. The third-order valence-electron chi connectivity index (χ3n) is 5.99. The molecule has 0 N–H and O–H groups in total. The molecule has 0 spiro atoms. The Kier molecular flexibility index (Phi) is 4.30. The number of rotatable bonds is 4. The van der Waals surface area contributed by atoms with Gasteiger partial charge in [-0.25, -0.2) is 4.85 Å². The van der Waals surface area contributed by atoms with E-state index in [9.17, 15) is 0 Å². The van der Waals surface area contributed by atoms with Crippen LogP contribution in [0.15, 0.2) is 60.7 Å². The second kappa shape index (κ2) is 6.63. The van der Waals surface area contributed by atoms with Crippen LogP contribution in [0.1, 0.15) is 36.8 Å². The van der Waals surface area contributed by atoms with Crippen molar-refractivity contribution >= 4 is 5.69 Å².